The predicted molar refractivity (Wildman–Crippen MR) is 83.8 cm³/mol. The number of aromatic nitrogens is 3. The van der Waals surface area contributed by atoms with Crippen LogP contribution in [0.3, 0.4) is 0 Å². The van der Waals surface area contributed by atoms with E-state index in [4.69, 9.17) is 5.73 Å². The fourth-order valence-electron chi connectivity index (χ4n) is 2.14. The minimum absolute atomic E-state index is 0.194. The van der Waals surface area contributed by atoms with Crippen molar-refractivity contribution in [2.75, 3.05) is 5.73 Å². The molecule has 0 unspecified atom stereocenters. The number of allylic oxidation sites excluding steroid dienone is 1. The van der Waals surface area contributed by atoms with Crippen LogP contribution in [0.25, 0.3) is 23.1 Å². The highest BCUT2D eigenvalue weighted by atomic mass is 16.3. The van der Waals surface area contributed by atoms with Crippen LogP contribution in [0.15, 0.2) is 42.7 Å². The summed E-state index contributed by atoms with van der Waals surface area (Å²) in [4.78, 5) is 8.71. The molecular formula is C16H16N4O. The molecule has 106 valence electrons. The number of phenols is 1. The number of hydrogen-bond donors (Lipinski definition) is 2. The highest BCUT2D eigenvalue weighted by Gasteiger charge is 2.10. The number of hydrogen-bond acceptors (Lipinski definition) is 4. The van der Waals surface area contributed by atoms with Crippen molar-refractivity contribution < 1.29 is 5.11 Å². The summed E-state index contributed by atoms with van der Waals surface area (Å²) in [6.45, 7) is 2.06. The number of nitrogens with zero attached hydrogens (tertiary/aromatic N) is 3. The standard InChI is InChI=1S/C16H16N4O/c1-2-3-6-11-9-20-10-13(18-16(20)19-15(11)17)12-7-4-5-8-14(12)21/h3-10,21H,2H2,1H3,(H2,17,18,19)/b6-3+. The monoisotopic (exact) mass is 280 g/mol. The summed E-state index contributed by atoms with van der Waals surface area (Å²) in [5, 5.41) is 9.91. The van der Waals surface area contributed by atoms with Gasteiger partial charge in [-0.1, -0.05) is 31.2 Å². The average molecular weight is 280 g/mol. The van der Waals surface area contributed by atoms with Gasteiger partial charge in [-0.25, -0.2) is 4.98 Å². The molecule has 0 atom stereocenters. The molecule has 0 saturated carbocycles. The SMILES string of the molecule is CC/C=C/c1cn2cc(-c3ccccc3O)nc2nc1N. The van der Waals surface area contributed by atoms with Crippen LogP contribution in [-0.2, 0) is 0 Å². The highest BCUT2D eigenvalue weighted by molar-refractivity contribution is 5.69. The summed E-state index contributed by atoms with van der Waals surface area (Å²) in [5.74, 6) is 1.15. The second-order valence-corrected chi connectivity index (χ2v) is 4.74. The third-order valence-corrected chi connectivity index (χ3v) is 3.22. The molecule has 3 rings (SSSR count). The first-order valence-electron chi connectivity index (χ1n) is 6.79. The number of fused-ring (bicyclic) bond motifs is 1. The Bertz CT molecular complexity index is 820. The van der Waals surface area contributed by atoms with Gasteiger partial charge in [-0.3, -0.25) is 4.40 Å². The molecular weight excluding hydrogens is 264 g/mol. The normalized spacial score (nSPS) is 11.5. The summed E-state index contributed by atoms with van der Waals surface area (Å²) in [5.41, 5.74) is 8.13. The van der Waals surface area contributed by atoms with Crippen molar-refractivity contribution in [3.8, 4) is 17.0 Å². The number of benzene rings is 1. The molecule has 21 heavy (non-hydrogen) atoms. The minimum atomic E-state index is 0.194. The van der Waals surface area contributed by atoms with Crippen LogP contribution < -0.4 is 5.73 Å². The number of phenolic OH excluding ortho intramolecular Hbond substituents is 1. The number of nitrogen functional groups attached to an aromatic ring is 1. The molecule has 0 amide bonds. The molecule has 0 saturated heterocycles. The van der Waals surface area contributed by atoms with Crippen LogP contribution in [0.4, 0.5) is 5.82 Å². The van der Waals surface area contributed by atoms with E-state index in [0.29, 0.717) is 22.9 Å². The first kappa shape index (κ1) is 13.2. The molecule has 0 bridgehead atoms. The van der Waals surface area contributed by atoms with Gasteiger partial charge in [-0.15, -0.1) is 0 Å². The number of imidazole rings is 1. The van der Waals surface area contributed by atoms with E-state index in [-0.39, 0.29) is 5.75 Å². The third kappa shape index (κ3) is 2.45. The predicted octanol–water partition coefficient (Wildman–Crippen LogP) is 3.11. The molecule has 0 aliphatic carbocycles. The van der Waals surface area contributed by atoms with E-state index < -0.39 is 0 Å². The molecule has 5 heteroatoms. The number of nitrogens with two attached hydrogens (primary N) is 1. The first-order valence-corrected chi connectivity index (χ1v) is 6.79. The van der Waals surface area contributed by atoms with E-state index in [0.717, 1.165) is 12.0 Å². The van der Waals surface area contributed by atoms with E-state index in [1.54, 1.807) is 12.1 Å². The molecule has 0 aliphatic rings. The number of rotatable bonds is 3. The van der Waals surface area contributed by atoms with Crippen LogP contribution in [-0.4, -0.2) is 19.5 Å². The van der Waals surface area contributed by atoms with Gasteiger partial charge in [0.1, 0.15) is 11.6 Å². The van der Waals surface area contributed by atoms with Crippen molar-refractivity contribution in [3.05, 3.63) is 48.3 Å². The van der Waals surface area contributed by atoms with Crippen LogP contribution in [0.2, 0.25) is 0 Å². The molecule has 2 aromatic heterocycles. The Morgan fingerprint density at radius 2 is 2.05 bits per heavy atom. The molecule has 2 heterocycles. The van der Waals surface area contributed by atoms with E-state index in [9.17, 15) is 5.11 Å². The van der Waals surface area contributed by atoms with Crippen molar-refractivity contribution in [1.29, 1.82) is 0 Å². The third-order valence-electron chi connectivity index (χ3n) is 3.22. The van der Waals surface area contributed by atoms with Crippen LogP contribution in [0.1, 0.15) is 18.9 Å². The molecule has 5 nitrogen and oxygen atoms in total. The zero-order valence-electron chi connectivity index (χ0n) is 11.7. The van der Waals surface area contributed by atoms with Crippen LogP contribution >= 0.6 is 0 Å². The zero-order valence-corrected chi connectivity index (χ0v) is 11.7. The van der Waals surface area contributed by atoms with E-state index >= 15 is 0 Å². The summed E-state index contributed by atoms with van der Waals surface area (Å²) in [6, 6.07) is 7.09. The lowest BCUT2D eigenvalue weighted by Gasteiger charge is -2.00. The second kappa shape index (κ2) is 5.28. The molecule has 0 fully saturated rings. The Hall–Kier alpha value is -2.82. The fraction of sp³-hybridized carbons (Fsp3) is 0.125. The lowest BCUT2D eigenvalue weighted by atomic mass is 10.1. The van der Waals surface area contributed by atoms with Crippen molar-refractivity contribution >= 4 is 17.7 Å². The smallest absolute Gasteiger partial charge is 0.236 e. The first-order chi connectivity index (χ1) is 10.2. The number of para-hydroxylation sites is 1. The maximum Gasteiger partial charge on any atom is 0.236 e. The minimum Gasteiger partial charge on any atom is -0.507 e. The van der Waals surface area contributed by atoms with Crippen LogP contribution in [0, 0.1) is 0 Å². The van der Waals surface area contributed by atoms with E-state index in [1.807, 2.05) is 41.1 Å². The lowest BCUT2D eigenvalue weighted by molar-refractivity contribution is 0.477. The van der Waals surface area contributed by atoms with Crippen LogP contribution in [0.5, 0.6) is 5.75 Å². The van der Waals surface area contributed by atoms with Gasteiger partial charge in [0.15, 0.2) is 0 Å². The van der Waals surface area contributed by atoms with Gasteiger partial charge in [0, 0.05) is 23.5 Å². The highest BCUT2D eigenvalue weighted by Crippen LogP contribution is 2.28. The Morgan fingerprint density at radius 1 is 1.24 bits per heavy atom. The fourth-order valence-corrected chi connectivity index (χ4v) is 2.14. The molecule has 0 radical (unpaired) electrons. The summed E-state index contributed by atoms with van der Waals surface area (Å²) in [7, 11) is 0. The van der Waals surface area contributed by atoms with Crippen molar-refractivity contribution in [3.63, 3.8) is 0 Å². The van der Waals surface area contributed by atoms with Gasteiger partial charge in [-0.2, -0.15) is 4.98 Å². The quantitative estimate of drug-likeness (QED) is 0.773. The molecule has 0 spiro atoms. The summed E-state index contributed by atoms with van der Waals surface area (Å²) < 4.78 is 1.81. The Labute approximate surface area is 122 Å². The largest absolute Gasteiger partial charge is 0.507 e. The van der Waals surface area contributed by atoms with Gasteiger partial charge in [0.25, 0.3) is 0 Å². The van der Waals surface area contributed by atoms with Crippen molar-refractivity contribution in [1.82, 2.24) is 14.4 Å². The van der Waals surface area contributed by atoms with E-state index in [1.165, 1.54) is 0 Å². The lowest BCUT2D eigenvalue weighted by Crippen LogP contribution is -1.98. The Morgan fingerprint density at radius 3 is 2.81 bits per heavy atom. The van der Waals surface area contributed by atoms with Gasteiger partial charge in [0.2, 0.25) is 5.78 Å². The zero-order chi connectivity index (χ0) is 14.8. The second-order valence-electron chi connectivity index (χ2n) is 4.74. The van der Waals surface area contributed by atoms with Gasteiger partial charge >= 0.3 is 0 Å². The Balaban J connectivity index is 2.12. The van der Waals surface area contributed by atoms with Crippen molar-refractivity contribution in [2.24, 2.45) is 0 Å². The van der Waals surface area contributed by atoms with Crippen molar-refractivity contribution in [2.45, 2.75) is 13.3 Å². The molecule has 3 N–H and O–H groups in total. The Kier molecular flexibility index (Phi) is 3.31. The maximum absolute atomic E-state index is 9.91. The average Bonchev–Trinajstić information content (AvgIpc) is 2.87. The molecule has 1 aromatic carbocycles. The summed E-state index contributed by atoms with van der Waals surface area (Å²) in [6.07, 6.45) is 8.63. The molecule has 0 aliphatic heterocycles. The van der Waals surface area contributed by atoms with E-state index in [2.05, 4.69) is 16.9 Å². The number of anilines is 1. The number of aromatic hydroxyl groups is 1. The topological polar surface area (TPSA) is 76.4 Å². The maximum atomic E-state index is 9.91. The summed E-state index contributed by atoms with van der Waals surface area (Å²) >= 11 is 0. The van der Waals surface area contributed by atoms with Gasteiger partial charge < -0.3 is 10.8 Å². The molecule has 3 aromatic rings. The van der Waals surface area contributed by atoms with Gasteiger partial charge in [0.05, 0.1) is 5.69 Å². The van der Waals surface area contributed by atoms with Gasteiger partial charge in [-0.05, 0) is 18.6 Å².